The highest BCUT2D eigenvalue weighted by Gasteiger charge is 2.51. The lowest BCUT2D eigenvalue weighted by Gasteiger charge is -2.25. The molecule has 0 spiro atoms. The zero-order valence-electron chi connectivity index (χ0n) is 20.0. The third kappa shape index (κ3) is 5.25. The summed E-state index contributed by atoms with van der Waals surface area (Å²) in [5, 5.41) is 9.91. The van der Waals surface area contributed by atoms with Crippen molar-refractivity contribution in [1.29, 1.82) is 0 Å². The van der Waals surface area contributed by atoms with Crippen molar-refractivity contribution < 1.29 is 28.9 Å². The van der Waals surface area contributed by atoms with E-state index in [-0.39, 0.29) is 17.1 Å². The molecule has 186 valence electrons. The first-order chi connectivity index (χ1) is 16.0. The molecule has 13 nitrogen and oxygen atoms in total. The first kappa shape index (κ1) is 25.3. The van der Waals surface area contributed by atoms with E-state index in [0.29, 0.717) is 0 Å². The number of carbonyl (C=O) groups excluding carboxylic acids is 2. The normalized spacial score (nSPS) is 22.7. The second-order valence-corrected chi connectivity index (χ2v) is 8.78. The van der Waals surface area contributed by atoms with E-state index in [4.69, 9.17) is 14.2 Å². The number of imidazole rings is 1. The number of ether oxygens (including phenoxy) is 3. The molecule has 1 aliphatic rings. The number of aromatic amines is 1. The number of aliphatic imine (C=N–C) groups is 1. The van der Waals surface area contributed by atoms with Gasteiger partial charge in [0, 0.05) is 14.1 Å². The first-order valence-electron chi connectivity index (χ1n) is 10.9. The fraction of sp³-hybridized carbons (Fsp3) is 0.619. The Bertz CT molecular complexity index is 1120. The molecule has 2 aromatic rings. The molecule has 0 unspecified atom stereocenters. The van der Waals surface area contributed by atoms with Gasteiger partial charge in [0.2, 0.25) is 5.95 Å². The van der Waals surface area contributed by atoms with Gasteiger partial charge in [0.25, 0.3) is 5.56 Å². The quantitative estimate of drug-likeness (QED) is 0.308. The number of hydrogen-bond acceptors (Lipinski definition) is 10. The number of H-pyrrole nitrogens is 1. The summed E-state index contributed by atoms with van der Waals surface area (Å²) in [5.74, 6) is -1.98. The van der Waals surface area contributed by atoms with Crippen LogP contribution in [-0.4, -0.2) is 86.8 Å². The summed E-state index contributed by atoms with van der Waals surface area (Å²) in [6, 6.07) is 0. The van der Waals surface area contributed by atoms with Crippen LogP contribution in [0.2, 0.25) is 0 Å². The van der Waals surface area contributed by atoms with Gasteiger partial charge in [-0.2, -0.15) is 4.98 Å². The summed E-state index contributed by atoms with van der Waals surface area (Å²) in [4.78, 5) is 54.2. The molecule has 0 aromatic carbocycles. The fourth-order valence-electron chi connectivity index (χ4n) is 3.22. The van der Waals surface area contributed by atoms with Gasteiger partial charge in [-0.05, 0) is 0 Å². The zero-order chi connectivity index (χ0) is 25.2. The summed E-state index contributed by atoms with van der Waals surface area (Å²) < 4.78 is 18.6. The van der Waals surface area contributed by atoms with Crippen molar-refractivity contribution >= 4 is 35.4 Å². The van der Waals surface area contributed by atoms with E-state index in [1.165, 1.54) is 17.2 Å². The molecule has 0 amide bonds. The van der Waals surface area contributed by atoms with Crippen LogP contribution in [-0.2, 0) is 23.8 Å². The summed E-state index contributed by atoms with van der Waals surface area (Å²) in [7, 11) is 3.52. The second-order valence-electron chi connectivity index (χ2n) is 8.78. The van der Waals surface area contributed by atoms with Crippen molar-refractivity contribution in [2.75, 3.05) is 20.7 Å². The lowest BCUT2D eigenvalue weighted by Crippen LogP contribution is -2.42. The average molecular weight is 479 g/mol. The highest BCUT2D eigenvalue weighted by molar-refractivity contribution is 5.74. The summed E-state index contributed by atoms with van der Waals surface area (Å²) in [6.07, 6.45) is -1.49. The fourth-order valence-corrected chi connectivity index (χ4v) is 3.22. The summed E-state index contributed by atoms with van der Waals surface area (Å²) >= 11 is 0. The maximum Gasteiger partial charge on any atom is 0.308 e. The van der Waals surface area contributed by atoms with Crippen molar-refractivity contribution in [3.63, 3.8) is 0 Å². The summed E-state index contributed by atoms with van der Waals surface area (Å²) in [6.45, 7) is 6.15. The van der Waals surface area contributed by atoms with Gasteiger partial charge in [0.15, 0.2) is 29.6 Å². The SMILES string of the molecule is CC(C)C(=O)O[C@@H]1[C@H](OC(=O)C(C)C)[C@@H](CO)O[C@H]1n1cnc2c(=O)[nH]c(/N=C/N(C)C)nc21. The molecule has 0 radical (unpaired) electrons. The van der Waals surface area contributed by atoms with Crippen LogP contribution < -0.4 is 5.56 Å². The third-order valence-corrected chi connectivity index (χ3v) is 5.02. The number of esters is 2. The van der Waals surface area contributed by atoms with Crippen LogP contribution >= 0.6 is 0 Å². The van der Waals surface area contributed by atoms with E-state index in [2.05, 4.69) is 19.9 Å². The highest BCUT2D eigenvalue weighted by Crippen LogP contribution is 2.36. The van der Waals surface area contributed by atoms with Gasteiger partial charge in [-0.25, -0.2) is 9.98 Å². The lowest BCUT2D eigenvalue weighted by molar-refractivity contribution is -0.172. The number of nitrogens with one attached hydrogen (secondary N) is 1. The highest BCUT2D eigenvalue weighted by atomic mass is 16.6. The predicted octanol–water partition coefficient (Wildman–Crippen LogP) is 0.366. The Balaban J connectivity index is 2.08. The van der Waals surface area contributed by atoms with Gasteiger partial charge in [0.1, 0.15) is 6.10 Å². The molecular formula is C21H30N6O7. The largest absolute Gasteiger partial charge is 0.455 e. The molecule has 0 bridgehead atoms. The van der Waals surface area contributed by atoms with Crippen LogP contribution in [0.25, 0.3) is 11.2 Å². The second kappa shape index (κ2) is 10.3. The Hall–Kier alpha value is -3.32. The van der Waals surface area contributed by atoms with Crippen LogP contribution in [0, 0.1) is 11.8 Å². The molecule has 0 saturated carbocycles. The van der Waals surface area contributed by atoms with Crippen molar-refractivity contribution in [1.82, 2.24) is 24.4 Å². The smallest absolute Gasteiger partial charge is 0.308 e. The Kier molecular flexibility index (Phi) is 7.67. The van der Waals surface area contributed by atoms with Gasteiger partial charge >= 0.3 is 11.9 Å². The molecule has 1 aliphatic heterocycles. The van der Waals surface area contributed by atoms with E-state index >= 15 is 0 Å². The lowest BCUT2D eigenvalue weighted by atomic mass is 10.1. The summed E-state index contributed by atoms with van der Waals surface area (Å²) in [5.41, 5.74) is -0.382. The number of rotatable bonds is 8. The van der Waals surface area contributed by atoms with Gasteiger partial charge in [-0.15, -0.1) is 0 Å². The van der Waals surface area contributed by atoms with Crippen molar-refractivity contribution in [2.45, 2.75) is 52.2 Å². The minimum Gasteiger partial charge on any atom is -0.455 e. The molecule has 3 rings (SSSR count). The van der Waals surface area contributed by atoms with E-state index in [0.717, 1.165) is 0 Å². The number of aliphatic hydroxyl groups excluding tert-OH is 1. The number of hydrogen-bond donors (Lipinski definition) is 2. The van der Waals surface area contributed by atoms with Gasteiger partial charge in [0.05, 0.1) is 31.1 Å². The van der Waals surface area contributed by atoms with Crippen LogP contribution in [0.15, 0.2) is 16.1 Å². The van der Waals surface area contributed by atoms with E-state index in [1.54, 1.807) is 46.7 Å². The molecule has 1 fully saturated rings. The molecule has 13 heteroatoms. The molecule has 3 heterocycles. The van der Waals surface area contributed by atoms with Crippen molar-refractivity contribution in [3.05, 3.63) is 16.7 Å². The maximum atomic E-state index is 12.5. The van der Waals surface area contributed by atoms with Crippen LogP contribution in [0.3, 0.4) is 0 Å². The minimum atomic E-state index is -1.12. The Morgan fingerprint density at radius 3 is 2.41 bits per heavy atom. The maximum absolute atomic E-state index is 12.5. The third-order valence-electron chi connectivity index (χ3n) is 5.02. The number of fused-ring (bicyclic) bond motifs is 1. The predicted molar refractivity (Wildman–Crippen MR) is 120 cm³/mol. The standard InChI is InChI=1S/C21H30N6O7/c1-10(2)19(30)33-14-12(7-28)32-18(15(14)34-20(31)11(3)4)27-9-22-13-16(27)24-21(25-17(13)29)23-8-26(5)6/h8-12,14-15,18,28H,7H2,1-6H3,(H,24,25,29)/b23-8+/t12-,14-,15-,18-/m1/s1. The van der Waals surface area contributed by atoms with E-state index < -0.39 is 60.5 Å². The van der Waals surface area contributed by atoms with E-state index in [9.17, 15) is 19.5 Å². The molecule has 2 aromatic heterocycles. The van der Waals surface area contributed by atoms with Crippen LogP contribution in [0.4, 0.5) is 5.95 Å². The average Bonchev–Trinajstić information content (AvgIpc) is 3.33. The van der Waals surface area contributed by atoms with Crippen molar-refractivity contribution in [2.24, 2.45) is 16.8 Å². The Labute approximate surface area is 195 Å². The molecule has 34 heavy (non-hydrogen) atoms. The Morgan fingerprint density at radius 1 is 1.24 bits per heavy atom. The number of aromatic nitrogens is 4. The molecule has 2 N–H and O–H groups in total. The molecular weight excluding hydrogens is 448 g/mol. The van der Waals surface area contributed by atoms with Crippen LogP contribution in [0.5, 0.6) is 0 Å². The number of nitrogens with zero attached hydrogens (tertiary/aromatic N) is 5. The molecule has 0 aliphatic carbocycles. The molecule has 1 saturated heterocycles. The monoisotopic (exact) mass is 478 g/mol. The van der Waals surface area contributed by atoms with Gasteiger partial charge in [-0.1, -0.05) is 27.7 Å². The number of aliphatic hydroxyl groups is 1. The van der Waals surface area contributed by atoms with Crippen molar-refractivity contribution in [3.8, 4) is 0 Å². The zero-order valence-corrected chi connectivity index (χ0v) is 20.0. The topological polar surface area (TPSA) is 161 Å². The van der Waals surface area contributed by atoms with Gasteiger partial charge in [-0.3, -0.25) is 23.9 Å². The first-order valence-corrected chi connectivity index (χ1v) is 10.9. The van der Waals surface area contributed by atoms with Crippen LogP contribution in [0.1, 0.15) is 33.9 Å². The van der Waals surface area contributed by atoms with E-state index in [1.807, 2.05) is 0 Å². The Morgan fingerprint density at radius 2 is 1.85 bits per heavy atom. The molecule has 4 atom stereocenters. The number of carbonyl (C=O) groups is 2. The van der Waals surface area contributed by atoms with Gasteiger partial charge < -0.3 is 24.2 Å². The minimum absolute atomic E-state index is 0.0181.